The van der Waals surface area contributed by atoms with Gasteiger partial charge in [0.25, 0.3) is 0 Å². The van der Waals surface area contributed by atoms with Crippen molar-refractivity contribution < 1.29 is 8.42 Å². The molecule has 114 valence electrons. The van der Waals surface area contributed by atoms with Crippen molar-refractivity contribution in [1.82, 2.24) is 0 Å². The van der Waals surface area contributed by atoms with Crippen molar-refractivity contribution in [3.63, 3.8) is 0 Å². The first-order chi connectivity index (χ1) is 9.25. The maximum Gasteiger partial charge on any atom is 0.180 e. The van der Waals surface area contributed by atoms with Crippen molar-refractivity contribution in [3.8, 4) is 0 Å². The van der Waals surface area contributed by atoms with Crippen LogP contribution in [-0.2, 0) is 16.3 Å². The van der Waals surface area contributed by atoms with E-state index in [0.717, 1.165) is 19.3 Å². The van der Waals surface area contributed by atoms with Gasteiger partial charge in [0, 0.05) is 6.04 Å². The van der Waals surface area contributed by atoms with E-state index in [1.807, 2.05) is 12.1 Å². The lowest BCUT2D eigenvalue weighted by Crippen LogP contribution is -2.26. The molecule has 0 saturated heterocycles. The average Bonchev–Trinajstić information content (AvgIpc) is 2.38. The number of rotatable bonds is 7. The van der Waals surface area contributed by atoms with Crippen LogP contribution in [-0.4, -0.2) is 19.7 Å². The summed E-state index contributed by atoms with van der Waals surface area (Å²) in [5.41, 5.74) is 7.19. The Hall–Kier alpha value is -0.870. The van der Waals surface area contributed by atoms with Crippen LogP contribution in [0, 0.1) is 5.92 Å². The molecule has 0 bridgehead atoms. The van der Waals surface area contributed by atoms with Gasteiger partial charge < -0.3 is 5.73 Å². The van der Waals surface area contributed by atoms with Crippen LogP contribution in [0.2, 0.25) is 0 Å². The van der Waals surface area contributed by atoms with Gasteiger partial charge in [0.2, 0.25) is 0 Å². The first kappa shape index (κ1) is 17.2. The molecule has 1 unspecified atom stereocenters. The van der Waals surface area contributed by atoms with Crippen molar-refractivity contribution in [3.05, 3.63) is 29.8 Å². The minimum absolute atomic E-state index is 0.246. The Morgan fingerprint density at radius 1 is 1.05 bits per heavy atom. The van der Waals surface area contributed by atoms with E-state index in [1.54, 1.807) is 26.0 Å². The molecular weight excluding hydrogens is 270 g/mol. The minimum Gasteiger partial charge on any atom is -0.327 e. The highest BCUT2D eigenvalue weighted by Gasteiger charge is 2.18. The monoisotopic (exact) mass is 297 g/mol. The van der Waals surface area contributed by atoms with Gasteiger partial charge in [-0.25, -0.2) is 8.42 Å². The van der Waals surface area contributed by atoms with Crippen molar-refractivity contribution in [1.29, 1.82) is 0 Å². The van der Waals surface area contributed by atoms with E-state index in [9.17, 15) is 8.42 Å². The van der Waals surface area contributed by atoms with Crippen molar-refractivity contribution >= 4 is 9.84 Å². The minimum atomic E-state index is -3.16. The number of aryl methyl sites for hydroxylation is 1. The number of hydrogen-bond acceptors (Lipinski definition) is 3. The molecule has 4 heteroatoms. The highest BCUT2D eigenvalue weighted by atomic mass is 32.2. The van der Waals surface area contributed by atoms with E-state index in [-0.39, 0.29) is 11.3 Å². The predicted molar refractivity (Wildman–Crippen MR) is 84.5 cm³/mol. The van der Waals surface area contributed by atoms with Crippen LogP contribution in [0.4, 0.5) is 0 Å². The third-order valence-electron chi connectivity index (χ3n) is 3.73. The van der Waals surface area contributed by atoms with Crippen molar-refractivity contribution in [2.24, 2.45) is 11.7 Å². The molecule has 0 aromatic heterocycles. The third-order valence-corrected chi connectivity index (χ3v) is 5.90. The summed E-state index contributed by atoms with van der Waals surface area (Å²) >= 11 is 0. The maximum absolute atomic E-state index is 12.0. The Morgan fingerprint density at radius 2 is 1.60 bits per heavy atom. The highest BCUT2D eigenvalue weighted by molar-refractivity contribution is 7.92. The Kier molecular flexibility index (Phi) is 6.21. The zero-order valence-electron chi connectivity index (χ0n) is 13.0. The number of nitrogens with two attached hydrogens (primary N) is 1. The fourth-order valence-electron chi connectivity index (χ4n) is 1.99. The quantitative estimate of drug-likeness (QED) is 0.841. The fraction of sp³-hybridized carbons (Fsp3) is 0.625. The first-order valence-corrected chi connectivity index (χ1v) is 8.88. The van der Waals surface area contributed by atoms with E-state index >= 15 is 0 Å². The molecule has 2 N–H and O–H groups in total. The summed E-state index contributed by atoms with van der Waals surface area (Å²) in [6.07, 6.45) is 2.99. The molecule has 0 spiro atoms. The summed E-state index contributed by atoms with van der Waals surface area (Å²) in [5, 5.41) is -0.377. The van der Waals surface area contributed by atoms with Crippen LogP contribution in [0.3, 0.4) is 0 Å². The predicted octanol–water partition coefficient (Wildman–Crippen LogP) is 3.17. The molecule has 0 radical (unpaired) electrons. The molecule has 0 heterocycles. The molecule has 1 rings (SSSR count). The van der Waals surface area contributed by atoms with Crippen LogP contribution in [0.5, 0.6) is 0 Å². The third kappa shape index (κ3) is 4.60. The first-order valence-electron chi connectivity index (χ1n) is 7.33. The largest absolute Gasteiger partial charge is 0.327 e. The summed E-state index contributed by atoms with van der Waals surface area (Å²) < 4.78 is 24.0. The molecule has 0 amide bonds. The van der Waals surface area contributed by atoms with E-state index in [1.165, 1.54) is 5.56 Å². The second kappa shape index (κ2) is 7.23. The molecule has 0 fully saturated rings. The van der Waals surface area contributed by atoms with Gasteiger partial charge >= 0.3 is 0 Å². The van der Waals surface area contributed by atoms with Crippen LogP contribution in [0.25, 0.3) is 0 Å². The Bertz CT molecular complexity index is 504. The lowest BCUT2D eigenvalue weighted by Gasteiger charge is -2.15. The van der Waals surface area contributed by atoms with E-state index in [0.29, 0.717) is 10.8 Å². The van der Waals surface area contributed by atoms with Gasteiger partial charge in [-0.05, 0) is 56.7 Å². The molecule has 0 aliphatic heterocycles. The Labute approximate surface area is 123 Å². The summed E-state index contributed by atoms with van der Waals surface area (Å²) in [5.74, 6) is 0.508. The Morgan fingerprint density at radius 3 is 2.05 bits per heavy atom. The van der Waals surface area contributed by atoms with E-state index < -0.39 is 9.84 Å². The van der Waals surface area contributed by atoms with Gasteiger partial charge in [0.15, 0.2) is 9.84 Å². The van der Waals surface area contributed by atoms with Gasteiger partial charge in [-0.1, -0.05) is 26.0 Å². The standard InChI is InChI=1S/C16H27NO2S/c1-12(2)16(17)7-5-6-14-8-10-15(11-9-14)20(18,19)13(3)4/h8-13,16H,5-7,17H2,1-4H3. The number of sulfone groups is 1. The molecular formula is C16H27NO2S. The van der Waals surface area contributed by atoms with Crippen LogP contribution < -0.4 is 5.73 Å². The molecule has 1 atom stereocenters. The molecule has 20 heavy (non-hydrogen) atoms. The topological polar surface area (TPSA) is 60.2 Å². The molecule has 0 aliphatic rings. The molecule has 0 aliphatic carbocycles. The van der Waals surface area contributed by atoms with E-state index in [2.05, 4.69) is 13.8 Å². The second-order valence-electron chi connectivity index (χ2n) is 6.04. The van der Waals surface area contributed by atoms with Gasteiger partial charge in [-0.2, -0.15) is 0 Å². The van der Waals surface area contributed by atoms with Crippen molar-refractivity contribution in [2.45, 2.75) is 63.1 Å². The molecule has 3 nitrogen and oxygen atoms in total. The zero-order valence-corrected chi connectivity index (χ0v) is 13.8. The van der Waals surface area contributed by atoms with Crippen LogP contribution in [0.1, 0.15) is 46.1 Å². The summed E-state index contributed by atoms with van der Waals surface area (Å²) in [7, 11) is -3.16. The lowest BCUT2D eigenvalue weighted by molar-refractivity contribution is 0.452. The van der Waals surface area contributed by atoms with Crippen molar-refractivity contribution in [2.75, 3.05) is 0 Å². The summed E-state index contributed by atoms with van der Waals surface area (Å²) in [6, 6.07) is 7.50. The van der Waals surface area contributed by atoms with Crippen LogP contribution >= 0.6 is 0 Å². The summed E-state index contributed by atoms with van der Waals surface area (Å²) in [6.45, 7) is 7.68. The Balaban J connectivity index is 2.60. The van der Waals surface area contributed by atoms with Gasteiger partial charge in [0.1, 0.15) is 0 Å². The van der Waals surface area contributed by atoms with E-state index in [4.69, 9.17) is 5.73 Å². The number of hydrogen-bond donors (Lipinski definition) is 1. The second-order valence-corrected chi connectivity index (χ2v) is 8.54. The number of benzene rings is 1. The fourth-order valence-corrected chi connectivity index (χ4v) is 3.05. The highest BCUT2D eigenvalue weighted by Crippen LogP contribution is 2.17. The maximum atomic E-state index is 12.0. The molecule has 0 saturated carbocycles. The molecule has 1 aromatic carbocycles. The normalized spacial score (nSPS) is 13.9. The zero-order chi connectivity index (χ0) is 15.3. The SMILES string of the molecule is CC(C)C(N)CCCc1ccc(S(=O)(=O)C(C)C)cc1. The van der Waals surface area contributed by atoms with Gasteiger partial charge in [-0.15, -0.1) is 0 Å². The smallest absolute Gasteiger partial charge is 0.180 e. The van der Waals surface area contributed by atoms with Gasteiger partial charge in [0.05, 0.1) is 10.1 Å². The molecule has 1 aromatic rings. The van der Waals surface area contributed by atoms with Crippen LogP contribution in [0.15, 0.2) is 29.2 Å². The summed E-state index contributed by atoms with van der Waals surface area (Å²) in [4.78, 5) is 0.412. The average molecular weight is 297 g/mol. The lowest BCUT2D eigenvalue weighted by atomic mass is 9.98. The van der Waals surface area contributed by atoms with Gasteiger partial charge in [-0.3, -0.25) is 0 Å².